The minimum Gasteiger partial charge on any atom is -0.228 e. The predicted octanol–water partition coefficient (Wildman–Crippen LogP) is 14.3. The van der Waals surface area contributed by atoms with Crippen LogP contribution in [0.2, 0.25) is 0 Å². The normalized spacial score (nSPS) is 14.2. The van der Waals surface area contributed by atoms with Crippen LogP contribution in [-0.2, 0) is 5.41 Å². The molecule has 2 nitrogen and oxygen atoms in total. The smallest absolute Gasteiger partial charge is 0.160 e. The van der Waals surface area contributed by atoms with Gasteiger partial charge in [0.25, 0.3) is 0 Å². The number of hydrogen-bond acceptors (Lipinski definition) is 2. The Bertz CT molecular complexity index is 2940. The molecule has 0 atom stereocenters. The summed E-state index contributed by atoms with van der Waals surface area (Å²) in [5.74, 6) is 0.721. The Morgan fingerprint density at radius 2 is 0.982 bits per heavy atom. The molecule has 2 heteroatoms. The van der Waals surface area contributed by atoms with E-state index in [1.165, 1.54) is 92.6 Å². The lowest BCUT2D eigenvalue weighted by atomic mass is 9.67. The number of rotatable bonds is 5. The van der Waals surface area contributed by atoms with Gasteiger partial charge in [-0.25, -0.2) is 9.97 Å². The summed E-state index contributed by atoms with van der Waals surface area (Å²) in [5.41, 5.74) is 15.7. The van der Waals surface area contributed by atoms with E-state index in [2.05, 4.69) is 182 Å². The Morgan fingerprint density at radius 1 is 0.357 bits per heavy atom. The number of nitrogens with zero attached hydrogens (tertiary/aromatic N) is 2. The first-order valence-corrected chi connectivity index (χ1v) is 20.0. The first-order valence-electron chi connectivity index (χ1n) is 20.0. The second-order valence-corrected chi connectivity index (χ2v) is 15.6. The van der Waals surface area contributed by atoms with Crippen molar-refractivity contribution < 1.29 is 0 Å². The van der Waals surface area contributed by atoms with Crippen molar-refractivity contribution in [2.75, 3.05) is 0 Å². The van der Waals surface area contributed by atoms with Crippen LogP contribution in [0, 0.1) is 0 Å². The summed E-state index contributed by atoms with van der Waals surface area (Å²) in [6.07, 6.45) is 6.21. The molecule has 1 saturated carbocycles. The molecular weight excluding hydrogens is 677 g/mol. The van der Waals surface area contributed by atoms with Gasteiger partial charge in [0.2, 0.25) is 0 Å². The van der Waals surface area contributed by atoms with Crippen LogP contribution < -0.4 is 0 Å². The van der Waals surface area contributed by atoms with E-state index in [0.29, 0.717) is 0 Å². The highest BCUT2D eigenvalue weighted by molar-refractivity contribution is 6.08. The molecule has 0 saturated heterocycles. The fourth-order valence-corrected chi connectivity index (χ4v) is 9.85. The minimum absolute atomic E-state index is 0.0340. The molecule has 11 rings (SSSR count). The maximum Gasteiger partial charge on any atom is 0.160 e. The van der Waals surface area contributed by atoms with Crippen molar-refractivity contribution in [3.05, 3.63) is 193 Å². The molecule has 1 heterocycles. The summed E-state index contributed by atoms with van der Waals surface area (Å²) < 4.78 is 0. The van der Waals surface area contributed by atoms with E-state index in [4.69, 9.17) is 9.97 Å². The van der Waals surface area contributed by atoms with E-state index >= 15 is 0 Å². The predicted molar refractivity (Wildman–Crippen MR) is 234 cm³/mol. The molecule has 0 N–H and O–H groups in total. The summed E-state index contributed by atoms with van der Waals surface area (Å²) in [4.78, 5) is 10.7. The topological polar surface area (TPSA) is 25.8 Å². The number of benzene rings is 8. The number of fused-ring (bicyclic) bond motifs is 7. The lowest BCUT2D eigenvalue weighted by Gasteiger charge is -2.36. The van der Waals surface area contributed by atoms with Gasteiger partial charge in [-0.05, 0) is 103 Å². The zero-order valence-corrected chi connectivity index (χ0v) is 31.3. The van der Waals surface area contributed by atoms with Gasteiger partial charge in [0.1, 0.15) is 0 Å². The van der Waals surface area contributed by atoms with Crippen LogP contribution in [0.5, 0.6) is 0 Å². The van der Waals surface area contributed by atoms with E-state index in [9.17, 15) is 0 Å². The fourth-order valence-electron chi connectivity index (χ4n) is 9.85. The van der Waals surface area contributed by atoms with E-state index in [1.54, 1.807) is 0 Å². The Morgan fingerprint density at radius 3 is 1.79 bits per heavy atom. The molecule has 0 radical (unpaired) electrons. The second kappa shape index (κ2) is 13.3. The molecule has 1 fully saturated rings. The zero-order chi connectivity index (χ0) is 37.1. The molecule has 0 bridgehead atoms. The molecule has 0 unspecified atom stereocenters. The molecule has 2 aliphatic carbocycles. The third-order valence-electron chi connectivity index (χ3n) is 12.5. The molecule has 0 aliphatic heterocycles. The molecule has 1 aromatic heterocycles. The van der Waals surface area contributed by atoms with Crippen molar-refractivity contribution in [1.82, 2.24) is 9.97 Å². The highest BCUT2D eigenvalue weighted by atomic mass is 14.9. The maximum atomic E-state index is 5.47. The number of aromatic nitrogens is 2. The Labute approximate surface area is 328 Å². The van der Waals surface area contributed by atoms with Crippen molar-refractivity contribution in [3.63, 3.8) is 0 Å². The molecule has 266 valence electrons. The van der Waals surface area contributed by atoms with Crippen molar-refractivity contribution in [2.24, 2.45) is 0 Å². The van der Waals surface area contributed by atoms with Gasteiger partial charge in [0.15, 0.2) is 5.82 Å². The van der Waals surface area contributed by atoms with E-state index in [-0.39, 0.29) is 5.41 Å². The van der Waals surface area contributed by atoms with Gasteiger partial charge in [-0.2, -0.15) is 0 Å². The number of hydrogen-bond donors (Lipinski definition) is 0. The van der Waals surface area contributed by atoms with Crippen molar-refractivity contribution in [1.29, 1.82) is 0 Å². The largest absolute Gasteiger partial charge is 0.228 e. The lowest BCUT2D eigenvalue weighted by molar-refractivity contribution is 0.353. The SMILES string of the molecule is c1ccc(-c2cccc(-c3cc(-c4c(-c5cccc6c5-c5cc7ccccc7cc5C65CCCCC5)ccc5ccccc45)nc(-c4ccccc4)n3)c2)cc1. The lowest BCUT2D eigenvalue weighted by Crippen LogP contribution is -2.28. The van der Waals surface area contributed by atoms with Crippen LogP contribution in [0.15, 0.2) is 182 Å². The summed E-state index contributed by atoms with van der Waals surface area (Å²) >= 11 is 0. The summed E-state index contributed by atoms with van der Waals surface area (Å²) in [6.45, 7) is 0. The van der Waals surface area contributed by atoms with E-state index in [1.807, 2.05) is 0 Å². The molecule has 9 aromatic rings. The molecule has 1 spiro atoms. The standard InChI is InChI=1S/C54H40N2/c1-4-16-36(17-5-1)39-23-14-24-42(32-39)49-35-50(56-53(55-49)38-19-6-2-7-20-38)52-43-25-11-10-18-37(43)28-29-45(52)44-26-15-27-47-51(44)46-33-40-21-8-9-22-41(40)34-48(46)54(47)30-12-3-13-31-54/h1-2,4-11,14-29,32-35H,3,12-13,30-31H2. The first kappa shape index (κ1) is 32.8. The van der Waals surface area contributed by atoms with Gasteiger partial charge in [0, 0.05) is 22.1 Å². The third kappa shape index (κ3) is 5.32. The minimum atomic E-state index is 0.0340. The Kier molecular flexibility index (Phi) is 7.77. The maximum absolute atomic E-state index is 5.47. The zero-order valence-electron chi connectivity index (χ0n) is 31.3. The Hall–Kier alpha value is -6.64. The van der Waals surface area contributed by atoms with Gasteiger partial charge in [-0.15, -0.1) is 0 Å². The second-order valence-electron chi connectivity index (χ2n) is 15.6. The molecule has 56 heavy (non-hydrogen) atoms. The monoisotopic (exact) mass is 716 g/mol. The van der Waals surface area contributed by atoms with Crippen molar-refractivity contribution >= 4 is 21.5 Å². The van der Waals surface area contributed by atoms with Crippen LogP contribution in [-0.4, -0.2) is 9.97 Å². The van der Waals surface area contributed by atoms with E-state index < -0.39 is 0 Å². The molecular formula is C54H40N2. The molecule has 8 aromatic carbocycles. The summed E-state index contributed by atoms with van der Waals surface area (Å²) in [7, 11) is 0. The fraction of sp³-hybridized carbons (Fsp3) is 0.111. The van der Waals surface area contributed by atoms with Crippen molar-refractivity contribution in [3.8, 4) is 67.3 Å². The molecule has 2 aliphatic rings. The van der Waals surface area contributed by atoms with Crippen LogP contribution >= 0.6 is 0 Å². The Balaban J connectivity index is 1.19. The van der Waals surface area contributed by atoms with Crippen LogP contribution in [0.4, 0.5) is 0 Å². The quantitative estimate of drug-likeness (QED) is 0.177. The first-order chi connectivity index (χ1) is 27.7. The highest BCUT2D eigenvalue weighted by Gasteiger charge is 2.45. The van der Waals surface area contributed by atoms with Gasteiger partial charge >= 0.3 is 0 Å². The van der Waals surface area contributed by atoms with Crippen molar-refractivity contribution in [2.45, 2.75) is 37.5 Å². The molecule has 0 amide bonds. The van der Waals surface area contributed by atoms with E-state index in [0.717, 1.165) is 39.5 Å². The van der Waals surface area contributed by atoms with Crippen LogP contribution in [0.25, 0.3) is 88.8 Å². The highest BCUT2D eigenvalue weighted by Crippen LogP contribution is 2.59. The van der Waals surface area contributed by atoms with Gasteiger partial charge in [-0.3, -0.25) is 0 Å². The van der Waals surface area contributed by atoms with Gasteiger partial charge in [0.05, 0.1) is 11.4 Å². The average Bonchev–Trinajstić information content (AvgIpc) is 3.53. The summed E-state index contributed by atoms with van der Waals surface area (Å²) in [5, 5.41) is 5.01. The van der Waals surface area contributed by atoms with Gasteiger partial charge in [-0.1, -0.05) is 177 Å². The van der Waals surface area contributed by atoms with Crippen LogP contribution in [0.1, 0.15) is 43.2 Å². The van der Waals surface area contributed by atoms with Crippen LogP contribution in [0.3, 0.4) is 0 Å². The van der Waals surface area contributed by atoms with Gasteiger partial charge < -0.3 is 0 Å². The average molecular weight is 717 g/mol. The third-order valence-corrected chi connectivity index (χ3v) is 12.5. The summed E-state index contributed by atoms with van der Waals surface area (Å²) in [6, 6.07) is 66.4.